The van der Waals surface area contributed by atoms with E-state index in [4.69, 9.17) is 4.74 Å². The first-order valence-electron chi connectivity index (χ1n) is 20.2. The summed E-state index contributed by atoms with van der Waals surface area (Å²) in [7, 11) is 0. The van der Waals surface area contributed by atoms with E-state index in [2.05, 4.69) is 57.8 Å². The van der Waals surface area contributed by atoms with Gasteiger partial charge in [-0.25, -0.2) is 4.79 Å². The zero-order valence-electron chi connectivity index (χ0n) is 31.8. The Bertz CT molecular complexity index is 1610. The highest BCUT2D eigenvalue weighted by atomic mass is 16.5. The number of hydrogen-bond donors (Lipinski definition) is 1. The maximum Gasteiger partial charge on any atom is 0.339 e. The molecule has 2 spiro atoms. The quantitative estimate of drug-likeness (QED) is 0.177. The second-order valence-electron chi connectivity index (χ2n) is 19.4. The fourth-order valence-corrected chi connectivity index (χ4v) is 14.9. The Kier molecular flexibility index (Phi) is 7.97. The Balaban J connectivity index is 1.09. The zero-order chi connectivity index (χ0) is 35.4. The fourth-order valence-electron chi connectivity index (χ4n) is 14.9. The van der Waals surface area contributed by atoms with Crippen molar-refractivity contribution in [3.63, 3.8) is 0 Å². The number of fused-ring (bicyclic) bond motifs is 4. The molecule has 9 atom stereocenters. The van der Waals surface area contributed by atoms with Crippen LogP contribution in [0.4, 0.5) is 0 Å². The van der Waals surface area contributed by atoms with Crippen molar-refractivity contribution in [1.29, 1.82) is 0 Å². The lowest BCUT2D eigenvalue weighted by Crippen LogP contribution is -2.60. The second kappa shape index (κ2) is 11.5. The van der Waals surface area contributed by atoms with Crippen LogP contribution in [0.5, 0.6) is 0 Å². The van der Waals surface area contributed by atoms with Crippen LogP contribution < -0.4 is 5.32 Å². The number of nitrogens with one attached hydrogen (secondary N) is 1. The third-order valence-electron chi connectivity index (χ3n) is 17.6. The summed E-state index contributed by atoms with van der Waals surface area (Å²) < 4.78 is 6.36. The molecule has 1 aromatic carbocycles. The molecule has 8 unspecified atom stereocenters. The summed E-state index contributed by atoms with van der Waals surface area (Å²) in [4.78, 5) is 42.3. The molecule has 1 N–H and O–H groups in total. The van der Waals surface area contributed by atoms with Crippen molar-refractivity contribution in [2.24, 2.45) is 49.7 Å². The van der Waals surface area contributed by atoms with Gasteiger partial charge < -0.3 is 15.0 Å². The number of aldehydes is 1. The number of benzene rings is 1. The first kappa shape index (κ1) is 34.6. The van der Waals surface area contributed by atoms with Crippen LogP contribution in [0.15, 0.2) is 35.9 Å². The Labute approximate surface area is 300 Å². The van der Waals surface area contributed by atoms with Gasteiger partial charge in [0.1, 0.15) is 6.10 Å². The standard InChI is InChI=1S/C44H62N2O4/c1-30-35(50-36(48)32-13-9-8-12-31(32)29-47)15-16-41(6)43(30)23-20-40(5)39(4)19-22-42(37(49)45-24-27-46-25-10-7-11-26-46)21-18-38(2,3)28-34(42)33(39)14-17-44(40,41)43/h8-9,12-14,29-30,34-35H,7,10-11,15-28H2,1-6H3,(H,45,49)/t30?,34?,35?,39-,40?,41?,42?,43?,44?/m1/s1. The van der Waals surface area contributed by atoms with Gasteiger partial charge in [-0.2, -0.15) is 0 Å². The number of carbonyl (C=O) groups is 3. The highest BCUT2D eigenvalue weighted by Gasteiger charge is 2.95. The topological polar surface area (TPSA) is 75.7 Å². The van der Waals surface area contributed by atoms with Crippen molar-refractivity contribution in [3.8, 4) is 0 Å². The van der Waals surface area contributed by atoms with E-state index < -0.39 is 0 Å². The van der Waals surface area contributed by atoms with E-state index in [1.54, 1.807) is 29.8 Å². The van der Waals surface area contributed by atoms with Gasteiger partial charge in [-0.15, -0.1) is 0 Å². The number of likely N-dealkylation sites (tertiary alicyclic amines) is 1. The molecule has 5 saturated carbocycles. The number of amides is 1. The lowest BCUT2D eigenvalue weighted by molar-refractivity contribution is -0.147. The number of carbonyl (C=O) groups excluding carboxylic acids is 3. The van der Waals surface area contributed by atoms with Crippen molar-refractivity contribution in [1.82, 2.24) is 10.2 Å². The predicted octanol–water partition coefficient (Wildman–Crippen LogP) is 8.79. The van der Waals surface area contributed by atoms with Crippen molar-refractivity contribution in [2.45, 2.75) is 131 Å². The average molecular weight is 683 g/mol. The molecule has 1 saturated heterocycles. The van der Waals surface area contributed by atoms with Gasteiger partial charge in [0.15, 0.2) is 6.29 Å². The molecule has 1 heterocycles. The number of allylic oxidation sites excluding steroid dienone is 2. The Morgan fingerprint density at radius 3 is 2.42 bits per heavy atom. The van der Waals surface area contributed by atoms with E-state index in [9.17, 15) is 14.4 Å². The molecule has 0 aromatic heterocycles. The molecular formula is C44H62N2O4. The minimum Gasteiger partial charge on any atom is -0.458 e. The molecular weight excluding hydrogens is 620 g/mol. The first-order chi connectivity index (χ1) is 23.8. The van der Waals surface area contributed by atoms with Crippen molar-refractivity contribution in [2.75, 3.05) is 26.2 Å². The lowest BCUT2D eigenvalue weighted by atomic mass is 9.39. The van der Waals surface area contributed by atoms with Gasteiger partial charge in [-0.1, -0.05) is 77.8 Å². The van der Waals surface area contributed by atoms with Crippen LogP contribution in [0.25, 0.3) is 0 Å². The molecule has 6 fully saturated rings. The van der Waals surface area contributed by atoms with Gasteiger partial charge in [0.2, 0.25) is 5.91 Å². The van der Waals surface area contributed by atoms with E-state index in [-0.39, 0.29) is 55.9 Å². The molecule has 7 aliphatic rings. The fraction of sp³-hybridized carbons (Fsp3) is 0.750. The number of piperidine rings is 1. The molecule has 8 rings (SSSR count). The SMILES string of the molecule is CC1C(OC(=O)c2ccccc2C=O)CCC2(C)C13CCC1(C)C23CC=C2C3CC(C)(C)CCC3(C(=O)NCCN3CCCCC3)CC[C@]21C. The van der Waals surface area contributed by atoms with Crippen LogP contribution in [-0.2, 0) is 9.53 Å². The predicted molar refractivity (Wildman–Crippen MR) is 197 cm³/mol. The highest BCUT2D eigenvalue weighted by Crippen LogP contribution is 2.99. The van der Waals surface area contributed by atoms with Crippen molar-refractivity contribution in [3.05, 3.63) is 47.0 Å². The van der Waals surface area contributed by atoms with E-state index in [1.807, 2.05) is 0 Å². The monoisotopic (exact) mass is 682 g/mol. The molecule has 0 bridgehead atoms. The van der Waals surface area contributed by atoms with Crippen molar-refractivity contribution >= 4 is 18.2 Å². The van der Waals surface area contributed by atoms with Gasteiger partial charge in [0, 0.05) is 18.7 Å². The summed E-state index contributed by atoms with van der Waals surface area (Å²) in [6, 6.07) is 7.01. The van der Waals surface area contributed by atoms with Crippen molar-refractivity contribution < 1.29 is 19.1 Å². The van der Waals surface area contributed by atoms with Gasteiger partial charge in [0.25, 0.3) is 0 Å². The summed E-state index contributed by atoms with van der Waals surface area (Å²) in [6.07, 6.45) is 17.8. The Hall–Kier alpha value is -2.47. The first-order valence-corrected chi connectivity index (χ1v) is 20.2. The molecule has 272 valence electrons. The smallest absolute Gasteiger partial charge is 0.339 e. The van der Waals surface area contributed by atoms with E-state index in [0.717, 1.165) is 70.7 Å². The molecule has 0 radical (unpaired) electrons. The van der Waals surface area contributed by atoms with Crippen LogP contribution in [0.1, 0.15) is 146 Å². The highest BCUT2D eigenvalue weighted by molar-refractivity contribution is 5.98. The Morgan fingerprint density at radius 2 is 1.66 bits per heavy atom. The van der Waals surface area contributed by atoms with Crippen LogP contribution >= 0.6 is 0 Å². The Morgan fingerprint density at radius 1 is 0.920 bits per heavy atom. The largest absolute Gasteiger partial charge is 0.458 e. The van der Waals surface area contributed by atoms with E-state index in [1.165, 1.54) is 45.2 Å². The van der Waals surface area contributed by atoms with Gasteiger partial charge >= 0.3 is 5.97 Å². The van der Waals surface area contributed by atoms with Crippen LogP contribution in [0, 0.1) is 49.7 Å². The number of hydrogen-bond acceptors (Lipinski definition) is 5. The van der Waals surface area contributed by atoms with Gasteiger partial charge in [-0.05, 0) is 141 Å². The summed E-state index contributed by atoms with van der Waals surface area (Å²) in [5.41, 5.74) is 2.95. The molecule has 1 amide bonds. The van der Waals surface area contributed by atoms with E-state index >= 15 is 0 Å². The molecule has 6 aliphatic carbocycles. The second-order valence-corrected chi connectivity index (χ2v) is 19.4. The normalized spacial score (nSPS) is 44.3. The van der Waals surface area contributed by atoms with Gasteiger partial charge in [0.05, 0.1) is 11.0 Å². The number of rotatable bonds is 7. The van der Waals surface area contributed by atoms with E-state index in [0.29, 0.717) is 23.0 Å². The van der Waals surface area contributed by atoms with Crippen LogP contribution in [0.3, 0.4) is 0 Å². The summed E-state index contributed by atoms with van der Waals surface area (Å²) >= 11 is 0. The third kappa shape index (κ3) is 4.26. The summed E-state index contributed by atoms with van der Waals surface area (Å²) in [5.74, 6) is 0.502. The average Bonchev–Trinajstić information content (AvgIpc) is 3.43. The maximum absolute atomic E-state index is 14.5. The third-order valence-corrected chi connectivity index (χ3v) is 17.6. The minimum absolute atomic E-state index is 0.0412. The molecule has 6 nitrogen and oxygen atoms in total. The maximum atomic E-state index is 14.5. The number of nitrogens with zero attached hydrogens (tertiary/aromatic N) is 1. The minimum atomic E-state index is -0.365. The zero-order valence-corrected chi connectivity index (χ0v) is 31.8. The molecule has 1 aliphatic heterocycles. The van der Waals surface area contributed by atoms with Gasteiger partial charge in [-0.3, -0.25) is 9.59 Å². The molecule has 6 heteroatoms. The number of esters is 1. The summed E-state index contributed by atoms with van der Waals surface area (Å²) in [6.45, 7) is 19.1. The molecule has 1 aromatic rings. The van der Waals surface area contributed by atoms with Crippen LogP contribution in [-0.4, -0.2) is 55.3 Å². The lowest BCUT2D eigenvalue weighted by Gasteiger charge is -2.64. The summed E-state index contributed by atoms with van der Waals surface area (Å²) in [5, 5.41) is 3.52. The van der Waals surface area contributed by atoms with Crippen LogP contribution in [0.2, 0.25) is 0 Å². The molecule has 50 heavy (non-hydrogen) atoms. The number of ether oxygens (including phenoxy) is 1.